The largest absolute Gasteiger partial charge is 0.375 e. The van der Waals surface area contributed by atoms with E-state index in [2.05, 4.69) is 48.5 Å². The van der Waals surface area contributed by atoms with Gasteiger partial charge in [0.05, 0.1) is 12.2 Å². The predicted molar refractivity (Wildman–Crippen MR) is 72.8 cm³/mol. The average Bonchev–Trinajstić information content (AvgIpc) is 2.34. The highest BCUT2D eigenvalue weighted by molar-refractivity contribution is 4.79. The van der Waals surface area contributed by atoms with E-state index in [1.807, 2.05) is 0 Å². The van der Waals surface area contributed by atoms with Gasteiger partial charge in [-0.2, -0.15) is 0 Å². The second-order valence-electron chi connectivity index (χ2n) is 5.73. The van der Waals surface area contributed by atoms with Crippen LogP contribution >= 0.6 is 0 Å². The minimum absolute atomic E-state index is 0.0800. The summed E-state index contributed by atoms with van der Waals surface area (Å²) in [7, 11) is 0. The Hall–Kier alpha value is -0.0400. The lowest BCUT2D eigenvalue weighted by atomic mass is 9.74. The van der Waals surface area contributed by atoms with Crippen molar-refractivity contribution in [2.45, 2.75) is 79.8 Å². The van der Waals surface area contributed by atoms with E-state index in [0.29, 0.717) is 11.3 Å². The Labute approximate surface area is 103 Å². The predicted octanol–water partition coefficient (Wildman–Crippen LogP) is 5.04. The highest BCUT2D eigenvalue weighted by atomic mass is 16.5. The lowest BCUT2D eigenvalue weighted by Crippen LogP contribution is -2.34. The van der Waals surface area contributed by atoms with E-state index >= 15 is 0 Å². The van der Waals surface area contributed by atoms with E-state index in [1.54, 1.807) is 0 Å². The van der Waals surface area contributed by atoms with Gasteiger partial charge < -0.3 is 4.74 Å². The van der Waals surface area contributed by atoms with Gasteiger partial charge in [0.1, 0.15) is 0 Å². The lowest BCUT2D eigenvalue weighted by Gasteiger charge is -2.37. The molecule has 0 aliphatic carbocycles. The van der Waals surface area contributed by atoms with Crippen LogP contribution < -0.4 is 0 Å². The van der Waals surface area contributed by atoms with E-state index in [-0.39, 0.29) is 5.60 Å². The van der Waals surface area contributed by atoms with Crippen molar-refractivity contribution in [3.8, 4) is 0 Å². The molecule has 0 amide bonds. The third-order valence-electron chi connectivity index (χ3n) is 4.98. The Bertz CT molecular complexity index is 178. The molecule has 0 bridgehead atoms. The van der Waals surface area contributed by atoms with Gasteiger partial charge >= 0.3 is 0 Å². The summed E-state index contributed by atoms with van der Waals surface area (Å²) in [4.78, 5) is 0. The summed E-state index contributed by atoms with van der Waals surface area (Å²) in [6.45, 7) is 16.9. The van der Waals surface area contributed by atoms with Crippen molar-refractivity contribution in [2.75, 3.05) is 6.61 Å². The molecule has 0 spiro atoms. The normalized spacial score (nSPS) is 15.2. The average molecular weight is 228 g/mol. The summed E-state index contributed by atoms with van der Waals surface area (Å²) in [6, 6.07) is 0. The van der Waals surface area contributed by atoms with E-state index in [1.165, 1.54) is 12.8 Å². The molecule has 0 fully saturated rings. The number of hydrogen-bond acceptors (Lipinski definition) is 1. The first-order valence-corrected chi connectivity index (χ1v) is 7.01. The molecule has 1 heteroatoms. The summed E-state index contributed by atoms with van der Waals surface area (Å²) >= 11 is 0. The maximum Gasteiger partial charge on any atom is 0.0649 e. The molecule has 0 aromatic rings. The molecule has 0 aromatic heterocycles. The van der Waals surface area contributed by atoms with Crippen molar-refractivity contribution in [2.24, 2.45) is 11.3 Å². The van der Waals surface area contributed by atoms with Crippen LogP contribution in [0.4, 0.5) is 0 Å². The van der Waals surface area contributed by atoms with Gasteiger partial charge in [-0.15, -0.1) is 0 Å². The van der Waals surface area contributed by atoms with Crippen LogP contribution in [0.5, 0.6) is 0 Å². The van der Waals surface area contributed by atoms with Gasteiger partial charge in [0.15, 0.2) is 0 Å². The fourth-order valence-corrected chi connectivity index (χ4v) is 1.93. The van der Waals surface area contributed by atoms with Crippen LogP contribution in [0.1, 0.15) is 74.1 Å². The van der Waals surface area contributed by atoms with E-state index in [9.17, 15) is 0 Å². The van der Waals surface area contributed by atoms with E-state index < -0.39 is 0 Å². The smallest absolute Gasteiger partial charge is 0.0649 e. The summed E-state index contributed by atoms with van der Waals surface area (Å²) in [5.41, 5.74) is 0.513. The van der Waals surface area contributed by atoms with Crippen molar-refractivity contribution in [3.05, 3.63) is 0 Å². The third kappa shape index (κ3) is 4.08. The number of rotatable bonds is 8. The molecule has 1 unspecified atom stereocenters. The molecular weight excluding hydrogens is 196 g/mol. The highest BCUT2D eigenvalue weighted by Crippen LogP contribution is 2.35. The monoisotopic (exact) mass is 228 g/mol. The summed E-state index contributed by atoms with van der Waals surface area (Å²) in [6.07, 6.45) is 4.68. The van der Waals surface area contributed by atoms with Gasteiger partial charge in [0, 0.05) is 0 Å². The molecule has 0 radical (unpaired) electrons. The maximum absolute atomic E-state index is 6.14. The first-order chi connectivity index (χ1) is 7.37. The molecule has 98 valence electrons. The Balaban J connectivity index is 4.30. The Morgan fingerprint density at radius 3 is 1.62 bits per heavy atom. The molecule has 0 N–H and O–H groups in total. The zero-order valence-electron chi connectivity index (χ0n) is 12.5. The Morgan fingerprint density at radius 2 is 1.31 bits per heavy atom. The zero-order chi connectivity index (χ0) is 12.8. The SMILES string of the molecule is CCC(C)(CC)OCC(C)C(C)(CC)CC. The van der Waals surface area contributed by atoms with Crippen LogP contribution in [-0.4, -0.2) is 12.2 Å². The zero-order valence-corrected chi connectivity index (χ0v) is 12.5. The summed E-state index contributed by atoms with van der Waals surface area (Å²) < 4.78 is 6.14. The second-order valence-corrected chi connectivity index (χ2v) is 5.73. The molecule has 0 aliphatic heterocycles. The minimum Gasteiger partial charge on any atom is -0.375 e. The van der Waals surface area contributed by atoms with E-state index in [4.69, 9.17) is 4.74 Å². The molecular formula is C15H32O. The fraction of sp³-hybridized carbons (Fsp3) is 1.00. The lowest BCUT2D eigenvalue weighted by molar-refractivity contribution is -0.0700. The van der Waals surface area contributed by atoms with Crippen LogP contribution in [0, 0.1) is 11.3 Å². The van der Waals surface area contributed by atoms with Crippen LogP contribution in [0.3, 0.4) is 0 Å². The fourth-order valence-electron chi connectivity index (χ4n) is 1.93. The quantitative estimate of drug-likeness (QED) is 0.565. The summed E-state index contributed by atoms with van der Waals surface area (Å²) in [5, 5.41) is 0. The first-order valence-electron chi connectivity index (χ1n) is 7.01. The maximum atomic E-state index is 6.14. The van der Waals surface area contributed by atoms with E-state index in [0.717, 1.165) is 19.4 Å². The van der Waals surface area contributed by atoms with Crippen LogP contribution in [-0.2, 0) is 4.74 Å². The molecule has 0 saturated carbocycles. The van der Waals surface area contributed by atoms with Gasteiger partial charge in [0.25, 0.3) is 0 Å². The molecule has 1 atom stereocenters. The topological polar surface area (TPSA) is 9.23 Å². The molecule has 1 nitrogen and oxygen atoms in total. The number of ether oxygens (including phenoxy) is 1. The Kier molecular flexibility index (Phi) is 6.62. The van der Waals surface area contributed by atoms with Gasteiger partial charge in [-0.3, -0.25) is 0 Å². The van der Waals surface area contributed by atoms with Crippen molar-refractivity contribution in [1.82, 2.24) is 0 Å². The molecule has 0 aromatic carbocycles. The highest BCUT2D eigenvalue weighted by Gasteiger charge is 2.29. The second kappa shape index (κ2) is 6.64. The molecule has 0 saturated heterocycles. The van der Waals surface area contributed by atoms with Crippen molar-refractivity contribution in [1.29, 1.82) is 0 Å². The summed E-state index contributed by atoms with van der Waals surface area (Å²) in [5.74, 6) is 0.639. The van der Waals surface area contributed by atoms with Crippen LogP contribution in [0.25, 0.3) is 0 Å². The van der Waals surface area contributed by atoms with Crippen LogP contribution in [0.2, 0.25) is 0 Å². The van der Waals surface area contributed by atoms with Gasteiger partial charge in [0.2, 0.25) is 0 Å². The van der Waals surface area contributed by atoms with Gasteiger partial charge in [-0.1, -0.05) is 54.4 Å². The van der Waals surface area contributed by atoms with Crippen molar-refractivity contribution in [3.63, 3.8) is 0 Å². The van der Waals surface area contributed by atoms with Crippen LogP contribution in [0.15, 0.2) is 0 Å². The molecule has 0 rings (SSSR count). The Morgan fingerprint density at radius 1 is 0.875 bits per heavy atom. The minimum atomic E-state index is 0.0800. The van der Waals surface area contributed by atoms with Gasteiger partial charge in [-0.05, 0) is 31.1 Å². The standard InChI is InChI=1S/C15H32O/c1-8-14(6,9-2)13(5)12-16-15(7,10-3)11-4/h13H,8-12H2,1-7H3. The molecule has 16 heavy (non-hydrogen) atoms. The third-order valence-corrected chi connectivity index (χ3v) is 4.98. The molecule has 0 heterocycles. The number of hydrogen-bond donors (Lipinski definition) is 0. The van der Waals surface area contributed by atoms with Gasteiger partial charge in [-0.25, -0.2) is 0 Å². The molecule has 0 aliphatic rings. The van der Waals surface area contributed by atoms with Crippen molar-refractivity contribution < 1.29 is 4.74 Å². The van der Waals surface area contributed by atoms with Crippen molar-refractivity contribution >= 4 is 0 Å². The first kappa shape index (κ1) is 16.0.